The van der Waals surface area contributed by atoms with Crippen molar-refractivity contribution in [3.63, 3.8) is 0 Å². The van der Waals surface area contributed by atoms with Crippen LogP contribution in [0.25, 0.3) is 0 Å². The fourth-order valence-electron chi connectivity index (χ4n) is 1.87. The highest BCUT2D eigenvalue weighted by Crippen LogP contribution is 2.53. The molecule has 0 aromatic rings. The molecule has 1 aliphatic heterocycles. The van der Waals surface area contributed by atoms with Gasteiger partial charge in [0, 0.05) is 11.5 Å². The minimum Gasteiger partial charge on any atom is -0.143 e. The van der Waals surface area contributed by atoms with Gasteiger partial charge in [0.15, 0.2) is 0 Å². The van der Waals surface area contributed by atoms with E-state index in [2.05, 4.69) is 23.5 Å². The van der Waals surface area contributed by atoms with Gasteiger partial charge in [-0.3, -0.25) is 0 Å². The number of hydrogen-bond donors (Lipinski definition) is 0. The second-order valence-corrected chi connectivity index (χ2v) is 6.66. The first-order valence-corrected chi connectivity index (χ1v) is 6.31. The largest absolute Gasteiger partial charge is 0.143 e. The SMILES string of the molecule is [CH]C1CCC2(CC1)SCCS2. The molecule has 0 aromatic heterocycles. The highest BCUT2D eigenvalue weighted by molar-refractivity contribution is 8.21. The van der Waals surface area contributed by atoms with Gasteiger partial charge in [-0.2, -0.15) is 0 Å². The van der Waals surface area contributed by atoms with Crippen LogP contribution in [0, 0.1) is 12.8 Å². The normalized spacial score (nSPS) is 31.4. The summed E-state index contributed by atoms with van der Waals surface area (Å²) in [7, 11) is 0. The van der Waals surface area contributed by atoms with Crippen LogP contribution in [0.3, 0.4) is 0 Å². The van der Waals surface area contributed by atoms with Crippen LogP contribution in [0.15, 0.2) is 0 Å². The van der Waals surface area contributed by atoms with Crippen LogP contribution in [0.1, 0.15) is 25.7 Å². The highest BCUT2D eigenvalue weighted by atomic mass is 32.2. The summed E-state index contributed by atoms with van der Waals surface area (Å²) >= 11 is 4.35. The molecule has 0 amide bonds. The Labute approximate surface area is 77.9 Å². The van der Waals surface area contributed by atoms with E-state index in [1.807, 2.05) is 0 Å². The third kappa shape index (κ3) is 1.72. The fourth-order valence-corrected chi connectivity index (χ4v) is 5.16. The Balaban J connectivity index is 1.94. The van der Waals surface area contributed by atoms with Gasteiger partial charge >= 0.3 is 0 Å². The van der Waals surface area contributed by atoms with Crippen molar-refractivity contribution in [3.8, 4) is 0 Å². The Bertz CT molecular complexity index is 128. The summed E-state index contributed by atoms with van der Waals surface area (Å²) in [6, 6.07) is 0. The molecule has 0 bridgehead atoms. The number of rotatable bonds is 0. The molecule has 0 nitrogen and oxygen atoms in total. The molecule has 62 valence electrons. The maximum Gasteiger partial charge on any atom is 0.0611 e. The van der Waals surface area contributed by atoms with E-state index in [1.165, 1.54) is 37.2 Å². The van der Waals surface area contributed by atoms with E-state index in [-0.39, 0.29) is 0 Å². The van der Waals surface area contributed by atoms with E-state index >= 15 is 0 Å². The molecule has 0 unspecified atom stereocenters. The first kappa shape index (κ1) is 8.31. The third-order valence-electron chi connectivity index (χ3n) is 2.61. The molecular formula is C9H14S2. The minimum atomic E-state index is 0.502. The lowest BCUT2D eigenvalue weighted by Crippen LogP contribution is -2.24. The van der Waals surface area contributed by atoms with E-state index in [1.54, 1.807) is 0 Å². The lowest BCUT2D eigenvalue weighted by Gasteiger charge is -2.34. The van der Waals surface area contributed by atoms with Gasteiger partial charge in [0.05, 0.1) is 4.08 Å². The zero-order chi connectivity index (χ0) is 7.73. The van der Waals surface area contributed by atoms with Gasteiger partial charge in [0.25, 0.3) is 0 Å². The van der Waals surface area contributed by atoms with E-state index in [4.69, 9.17) is 6.92 Å². The number of thioether (sulfide) groups is 2. The average Bonchev–Trinajstić information content (AvgIpc) is 2.45. The van der Waals surface area contributed by atoms with E-state index in [0.29, 0.717) is 10.00 Å². The maximum absolute atomic E-state index is 5.87. The smallest absolute Gasteiger partial charge is 0.0611 e. The molecule has 11 heavy (non-hydrogen) atoms. The summed E-state index contributed by atoms with van der Waals surface area (Å²) in [4.78, 5) is 0. The highest BCUT2D eigenvalue weighted by Gasteiger charge is 2.38. The van der Waals surface area contributed by atoms with Crippen LogP contribution in [-0.4, -0.2) is 15.6 Å². The first-order chi connectivity index (χ1) is 5.31. The van der Waals surface area contributed by atoms with Crippen LogP contribution >= 0.6 is 23.5 Å². The predicted molar refractivity (Wildman–Crippen MR) is 53.9 cm³/mol. The summed E-state index contributed by atoms with van der Waals surface area (Å²) in [5, 5.41) is 0. The van der Waals surface area contributed by atoms with E-state index in [0.717, 1.165) is 0 Å². The topological polar surface area (TPSA) is 0 Å². The molecule has 0 atom stereocenters. The van der Waals surface area contributed by atoms with Gasteiger partial charge in [0.1, 0.15) is 0 Å². The van der Waals surface area contributed by atoms with Crippen molar-refractivity contribution >= 4 is 23.5 Å². The van der Waals surface area contributed by atoms with Gasteiger partial charge in [-0.05, 0) is 38.5 Å². The predicted octanol–water partition coefficient (Wildman–Crippen LogP) is 3.06. The third-order valence-corrected chi connectivity index (χ3v) is 6.26. The summed E-state index contributed by atoms with van der Waals surface area (Å²) in [5.74, 6) is 3.22. The second-order valence-electron chi connectivity index (χ2n) is 3.45. The van der Waals surface area contributed by atoms with Gasteiger partial charge < -0.3 is 0 Å². The summed E-state index contributed by atoms with van der Waals surface area (Å²) in [6.07, 6.45) is 5.20. The number of hydrogen-bond acceptors (Lipinski definition) is 2. The zero-order valence-corrected chi connectivity index (χ0v) is 8.35. The van der Waals surface area contributed by atoms with Crippen molar-refractivity contribution in [1.82, 2.24) is 0 Å². The molecule has 2 fully saturated rings. The minimum absolute atomic E-state index is 0.502. The molecule has 2 radical (unpaired) electrons. The van der Waals surface area contributed by atoms with Crippen LogP contribution in [0.5, 0.6) is 0 Å². The van der Waals surface area contributed by atoms with Crippen molar-refractivity contribution in [2.24, 2.45) is 5.92 Å². The van der Waals surface area contributed by atoms with Gasteiger partial charge in [-0.1, -0.05) is 0 Å². The Morgan fingerprint density at radius 2 is 1.64 bits per heavy atom. The molecule has 2 heteroatoms. The van der Waals surface area contributed by atoms with Crippen molar-refractivity contribution in [1.29, 1.82) is 0 Å². The lowest BCUT2D eigenvalue weighted by atomic mass is 9.90. The molecule has 1 spiro atoms. The van der Waals surface area contributed by atoms with Crippen LogP contribution in [0.2, 0.25) is 0 Å². The molecule has 1 saturated heterocycles. The molecule has 1 saturated carbocycles. The quantitative estimate of drug-likeness (QED) is 0.570. The summed E-state index contributed by atoms with van der Waals surface area (Å²) in [6.45, 7) is 5.87. The molecule has 1 aliphatic carbocycles. The van der Waals surface area contributed by atoms with Gasteiger partial charge in [0.2, 0.25) is 0 Å². The lowest BCUT2D eigenvalue weighted by molar-refractivity contribution is 0.409. The fraction of sp³-hybridized carbons (Fsp3) is 0.889. The first-order valence-electron chi connectivity index (χ1n) is 4.34. The molecule has 1 heterocycles. The van der Waals surface area contributed by atoms with Crippen LogP contribution < -0.4 is 0 Å². The molecule has 2 rings (SSSR count). The summed E-state index contributed by atoms with van der Waals surface area (Å²) in [5.41, 5.74) is 0. The van der Waals surface area contributed by atoms with Gasteiger partial charge in [-0.25, -0.2) is 0 Å². The van der Waals surface area contributed by atoms with Crippen molar-refractivity contribution in [3.05, 3.63) is 6.92 Å². The molecule has 0 N–H and O–H groups in total. The van der Waals surface area contributed by atoms with Crippen molar-refractivity contribution in [2.45, 2.75) is 29.8 Å². The zero-order valence-electron chi connectivity index (χ0n) is 6.71. The monoisotopic (exact) mass is 186 g/mol. The molecule has 0 aromatic carbocycles. The van der Waals surface area contributed by atoms with E-state index < -0.39 is 0 Å². The summed E-state index contributed by atoms with van der Waals surface area (Å²) < 4.78 is 0.607. The Kier molecular flexibility index (Phi) is 2.43. The van der Waals surface area contributed by atoms with Crippen molar-refractivity contribution in [2.75, 3.05) is 11.5 Å². The molecular weight excluding hydrogens is 172 g/mol. The second kappa shape index (κ2) is 3.21. The average molecular weight is 186 g/mol. The standard InChI is InChI=1S/C9H14S2/c1-8-2-4-9(5-3-8)10-6-7-11-9/h1,8H,2-7H2. The van der Waals surface area contributed by atoms with Crippen molar-refractivity contribution < 1.29 is 0 Å². The molecule has 2 aliphatic rings. The van der Waals surface area contributed by atoms with Gasteiger partial charge in [-0.15, -0.1) is 23.5 Å². The Morgan fingerprint density at radius 3 is 2.18 bits per heavy atom. The van der Waals surface area contributed by atoms with E-state index in [9.17, 15) is 0 Å². The Morgan fingerprint density at radius 1 is 1.09 bits per heavy atom. The van der Waals surface area contributed by atoms with Crippen LogP contribution in [0.4, 0.5) is 0 Å². The maximum atomic E-state index is 5.87. The Hall–Kier alpha value is 0.700. The van der Waals surface area contributed by atoms with Crippen LogP contribution in [-0.2, 0) is 0 Å².